The van der Waals surface area contributed by atoms with Crippen molar-refractivity contribution in [2.75, 3.05) is 20.8 Å². The molecule has 1 fully saturated rings. The van der Waals surface area contributed by atoms with Gasteiger partial charge in [-0.3, -0.25) is 0 Å². The van der Waals surface area contributed by atoms with Gasteiger partial charge in [0, 0.05) is 36.0 Å². The highest BCUT2D eigenvalue weighted by molar-refractivity contribution is 9.10. The number of halogens is 3. The monoisotopic (exact) mass is 876 g/mol. The first-order chi connectivity index (χ1) is 27.5. The van der Waals surface area contributed by atoms with Gasteiger partial charge >= 0.3 is 5.97 Å². The molecule has 0 unspecified atom stereocenters. The summed E-state index contributed by atoms with van der Waals surface area (Å²) in [6, 6.07) is 22.8. The molecule has 7 rings (SSSR count). The molecule has 0 radical (unpaired) electrons. The fraction of sp³-hybridized carbons (Fsp3) is 0.262. The number of methoxy groups -OCH3 is 2. The number of carbonyl (C=O) groups is 1. The summed E-state index contributed by atoms with van der Waals surface area (Å²) >= 11 is 4.54. The highest BCUT2D eigenvalue weighted by atomic mass is 79.9. The predicted octanol–water partition coefficient (Wildman–Crippen LogP) is 9.16. The molecule has 0 atom stereocenters. The van der Waals surface area contributed by atoms with E-state index in [-0.39, 0.29) is 36.3 Å². The average Bonchev–Trinajstić information content (AvgIpc) is 3.77. The van der Waals surface area contributed by atoms with Crippen molar-refractivity contribution in [1.29, 1.82) is 0 Å². The molecule has 1 saturated carbocycles. The zero-order chi connectivity index (χ0) is 40.3. The smallest absolute Gasteiger partial charge is 0.357 e. The molecule has 296 valence electrons. The number of thiazole rings is 1. The molecule has 0 amide bonds. The van der Waals surface area contributed by atoms with Crippen LogP contribution in [0, 0.1) is 17.6 Å². The van der Waals surface area contributed by atoms with Crippen molar-refractivity contribution in [3.05, 3.63) is 140 Å². The molecule has 15 heteroatoms. The highest BCUT2D eigenvalue weighted by Gasteiger charge is 2.31. The van der Waals surface area contributed by atoms with Crippen LogP contribution in [0.25, 0.3) is 16.4 Å². The second kappa shape index (κ2) is 17.3. The molecule has 4 aromatic carbocycles. The molecule has 2 heterocycles. The topological polar surface area (TPSA) is 113 Å². The predicted molar refractivity (Wildman–Crippen MR) is 216 cm³/mol. The van der Waals surface area contributed by atoms with E-state index in [2.05, 4.69) is 20.9 Å². The zero-order valence-corrected chi connectivity index (χ0v) is 34.6. The molecular formula is C42H39BrF2N4O6S2. The van der Waals surface area contributed by atoms with Crippen molar-refractivity contribution in [1.82, 2.24) is 19.1 Å². The second-order valence-corrected chi connectivity index (χ2v) is 17.2. The minimum absolute atomic E-state index is 0.0194. The number of nitrogens with zero attached hydrogens (tertiary/aromatic N) is 4. The molecule has 0 saturated heterocycles. The number of hydrogen-bond donors (Lipinski definition) is 0. The Morgan fingerprint density at radius 1 is 0.895 bits per heavy atom. The maximum Gasteiger partial charge on any atom is 0.357 e. The Bertz CT molecular complexity index is 2460. The minimum Gasteiger partial charge on any atom is -0.497 e. The van der Waals surface area contributed by atoms with Crippen LogP contribution in [-0.2, 0) is 40.7 Å². The first kappa shape index (κ1) is 40.2. The summed E-state index contributed by atoms with van der Waals surface area (Å²) in [7, 11) is -1.27. The number of aromatic nitrogens is 3. The van der Waals surface area contributed by atoms with E-state index in [1.807, 2.05) is 0 Å². The van der Waals surface area contributed by atoms with Crippen LogP contribution in [0.3, 0.4) is 0 Å². The van der Waals surface area contributed by atoms with Crippen LogP contribution in [-0.4, -0.2) is 54.3 Å². The van der Waals surface area contributed by atoms with Gasteiger partial charge in [-0.15, -0.1) is 11.3 Å². The van der Waals surface area contributed by atoms with E-state index in [9.17, 15) is 17.6 Å². The highest BCUT2D eigenvalue weighted by Crippen LogP contribution is 2.39. The van der Waals surface area contributed by atoms with Gasteiger partial charge in [-0.05, 0) is 119 Å². The largest absolute Gasteiger partial charge is 0.497 e. The Morgan fingerprint density at radius 2 is 1.53 bits per heavy atom. The first-order valence-corrected chi connectivity index (χ1v) is 21.3. The van der Waals surface area contributed by atoms with Crippen LogP contribution in [0.5, 0.6) is 11.5 Å². The number of rotatable bonds is 16. The maximum absolute atomic E-state index is 16.4. The summed E-state index contributed by atoms with van der Waals surface area (Å²) < 4.78 is 78.5. The minimum atomic E-state index is -4.37. The average molecular weight is 878 g/mol. The van der Waals surface area contributed by atoms with Crippen LogP contribution < -0.4 is 9.47 Å². The number of hydrogen-bond acceptors (Lipinski definition) is 9. The Hall–Kier alpha value is -4.96. The molecule has 0 aliphatic heterocycles. The molecule has 10 nitrogen and oxygen atoms in total. The maximum atomic E-state index is 16.4. The fourth-order valence-corrected chi connectivity index (χ4v) is 9.08. The van der Waals surface area contributed by atoms with Crippen molar-refractivity contribution >= 4 is 43.3 Å². The number of sulfonamides is 1. The van der Waals surface area contributed by atoms with Crippen molar-refractivity contribution in [2.24, 2.45) is 5.92 Å². The Kier molecular flexibility index (Phi) is 12.2. The van der Waals surface area contributed by atoms with Gasteiger partial charge in [0.2, 0.25) is 15.2 Å². The van der Waals surface area contributed by atoms with Crippen LogP contribution >= 0.6 is 27.3 Å². The van der Waals surface area contributed by atoms with Gasteiger partial charge < -0.3 is 14.2 Å². The van der Waals surface area contributed by atoms with Gasteiger partial charge in [0.15, 0.2) is 5.69 Å². The summed E-state index contributed by atoms with van der Waals surface area (Å²) in [5.74, 6) is -0.246. The second-order valence-electron chi connectivity index (χ2n) is 13.6. The number of ether oxygens (including phenoxy) is 3. The third-order valence-corrected chi connectivity index (χ3v) is 12.9. The molecule has 1 aliphatic rings. The van der Waals surface area contributed by atoms with Gasteiger partial charge in [-0.2, -0.15) is 9.40 Å². The summed E-state index contributed by atoms with van der Waals surface area (Å²) in [5.41, 5.74) is 4.77. The van der Waals surface area contributed by atoms with Crippen LogP contribution in [0.4, 0.5) is 8.78 Å². The van der Waals surface area contributed by atoms with Crippen LogP contribution in [0.15, 0.2) is 99.7 Å². The molecule has 0 N–H and O–H groups in total. The Balaban J connectivity index is 1.27. The van der Waals surface area contributed by atoms with Crippen molar-refractivity contribution < 1.29 is 36.2 Å². The van der Waals surface area contributed by atoms with E-state index < -0.39 is 32.5 Å². The number of benzene rings is 4. The van der Waals surface area contributed by atoms with E-state index >= 15 is 4.39 Å². The van der Waals surface area contributed by atoms with E-state index in [0.29, 0.717) is 56.9 Å². The first-order valence-electron chi connectivity index (χ1n) is 18.2. The molecule has 1 aliphatic carbocycles. The molecular weight excluding hydrogens is 839 g/mol. The molecule has 57 heavy (non-hydrogen) atoms. The number of esters is 1. The SMILES string of the molecule is CCOC(=O)c1csc(-n2nc(-c3ccc(F)c(Br)c3)c(Cc3ccc(S(=O)(=O)N(Cc4ccc(OC)cc4)Cc4ccc(OC)cc4)c(F)c3)c2CC2CC2)n1. The summed E-state index contributed by atoms with van der Waals surface area (Å²) in [4.78, 5) is 16.6. The van der Waals surface area contributed by atoms with Gasteiger partial charge in [0.05, 0.1) is 36.7 Å². The lowest BCUT2D eigenvalue weighted by molar-refractivity contribution is 0.0520. The summed E-state index contributed by atoms with van der Waals surface area (Å²) in [6.07, 6.45) is 2.87. The van der Waals surface area contributed by atoms with Crippen LogP contribution in [0.2, 0.25) is 0 Å². The third kappa shape index (κ3) is 9.12. The summed E-state index contributed by atoms with van der Waals surface area (Å²) in [5, 5.41) is 7.04. The van der Waals surface area contributed by atoms with E-state index in [4.69, 9.17) is 19.3 Å². The fourth-order valence-electron chi connectivity index (χ4n) is 6.47. The number of carbonyl (C=O) groups excluding carboxylic acids is 1. The van der Waals surface area contributed by atoms with Gasteiger partial charge in [-0.1, -0.05) is 30.3 Å². The van der Waals surface area contributed by atoms with Gasteiger partial charge in [0.25, 0.3) is 0 Å². The molecule has 2 aromatic heterocycles. The van der Waals surface area contributed by atoms with E-state index in [1.54, 1.807) is 97.9 Å². The van der Waals surface area contributed by atoms with Crippen molar-refractivity contribution in [3.63, 3.8) is 0 Å². The third-order valence-electron chi connectivity index (χ3n) is 9.65. The standard InChI is InChI=1S/C42H39BrF2N4O6S2/c1-4-55-41(50)37-25-56-42(46-37)49-38(21-26-5-6-26)33(40(47-49)30-12-17-35(44)34(43)22-30)19-29-11-18-39(36(45)20-29)57(51,52)48(23-27-7-13-31(53-2)14-8-27)24-28-9-15-32(54-3)16-10-28/h7-18,20,22,25-26H,4-6,19,21,23-24H2,1-3H3. The van der Waals surface area contributed by atoms with Crippen molar-refractivity contribution in [3.8, 4) is 27.9 Å². The zero-order valence-electron chi connectivity index (χ0n) is 31.4. The normalized spacial score (nSPS) is 12.9. The van der Waals surface area contributed by atoms with E-state index in [0.717, 1.165) is 24.1 Å². The lowest BCUT2D eigenvalue weighted by atomic mass is 9.97. The molecule has 0 bridgehead atoms. The van der Waals surface area contributed by atoms with Gasteiger partial charge in [-0.25, -0.2) is 31.7 Å². The van der Waals surface area contributed by atoms with E-state index in [1.165, 1.54) is 33.8 Å². The summed E-state index contributed by atoms with van der Waals surface area (Å²) in [6.45, 7) is 1.88. The quantitative estimate of drug-likeness (QED) is 0.0886. The van der Waals surface area contributed by atoms with Crippen molar-refractivity contribution in [2.45, 2.75) is 50.6 Å². The Labute approximate surface area is 342 Å². The van der Waals surface area contributed by atoms with Gasteiger partial charge in [0.1, 0.15) is 28.0 Å². The molecule has 0 spiro atoms. The molecule has 6 aromatic rings. The van der Waals surface area contributed by atoms with Crippen LogP contribution in [0.1, 0.15) is 58.2 Å². The Morgan fingerprint density at radius 3 is 2.09 bits per heavy atom. The lowest BCUT2D eigenvalue weighted by Crippen LogP contribution is -2.31. The lowest BCUT2D eigenvalue weighted by Gasteiger charge is -2.23.